The average Bonchev–Trinajstić information content (AvgIpc) is 2.85. The van der Waals surface area contributed by atoms with E-state index in [-0.39, 0.29) is 16.9 Å². The van der Waals surface area contributed by atoms with Gasteiger partial charge >= 0.3 is 0 Å². The smallest absolute Gasteiger partial charge is 0.133 e. The number of fused-ring (bicyclic) bond motifs is 5. The van der Waals surface area contributed by atoms with Crippen LogP contribution in [0.15, 0.2) is 12.2 Å². The number of Topliss-reactive ketones (excluding diaryl/α,β-unsaturated/α-hetero) is 1. The average molecular weight is 316 g/mol. The standard InChI is InChI=1S/C21H32O2/c1-13(22)17-6-7-18-16-5-4-14-12-15(23)8-10-20(14,2)19(16)9-11-21(17,18)3/h8,10,14-19,23H,4-7,9,11-12H2,1-3H3/t14-,15-,16-,17+,18-,19-,20-,21+/m0/s1. The van der Waals surface area contributed by atoms with E-state index in [9.17, 15) is 9.90 Å². The molecule has 2 nitrogen and oxygen atoms in total. The maximum atomic E-state index is 12.2. The van der Waals surface area contributed by atoms with Gasteiger partial charge in [0.2, 0.25) is 0 Å². The Balaban J connectivity index is 1.65. The first-order valence-corrected chi connectivity index (χ1v) is 9.74. The number of aliphatic hydroxyl groups excluding tert-OH is 1. The van der Waals surface area contributed by atoms with E-state index in [1.807, 2.05) is 6.92 Å². The zero-order chi connectivity index (χ0) is 16.4. The van der Waals surface area contributed by atoms with Crippen molar-refractivity contribution >= 4 is 5.78 Å². The number of carbonyl (C=O) groups is 1. The van der Waals surface area contributed by atoms with E-state index in [0.717, 1.165) is 30.6 Å². The summed E-state index contributed by atoms with van der Waals surface area (Å²) in [4.78, 5) is 12.2. The zero-order valence-electron chi connectivity index (χ0n) is 14.9. The van der Waals surface area contributed by atoms with E-state index < -0.39 is 0 Å². The fourth-order valence-electron chi connectivity index (χ4n) is 7.46. The number of ketones is 1. The lowest BCUT2D eigenvalue weighted by Gasteiger charge is -2.59. The summed E-state index contributed by atoms with van der Waals surface area (Å²) in [5.74, 6) is 3.68. The molecule has 2 heteroatoms. The number of carbonyl (C=O) groups excluding carboxylic acids is 1. The Bertz CT molecular complexity index is 538. The van der Waals surface area contributed by atoms with Gasteiger partial charge in [-0.15, -0.1) is 0 Å². The second kappa shape index (κ2) is 5.18. The van der Waals surface area contributed by atoms with Crippen LogP contribution in [0.25, 0.3) is 0 Å². The fourth-order valence-corrected chi connectivity index (χ4v) is 7.46. The van der Waals surface area contributed by atoms with Crippen molar-refractivity contribution < 1.29 is 9.90 Å². The molecule has 3 fully saturated rings. The molecule has 8 atom stereocenters. The molecule has 0 spiro atoms. The van der Waals surface area contributed by atoms with Gasteiger partial charge in [-0.05, 0) is 86.4 Å². The molecule has 1 N–H and O–H groups in total. The third-order valence-corrected chi connectivity index (χ3v) is 8.66. The summed E-state index contributed by atoms with van der Waals surface area (Å²) in [6.45, 7) is 6.69. The van der Waals surface area contributed by atoms with Gasteiger partial charge in [-0.2, -0.15) is 0 Å². The van der Waals surface area contributed by atoms with Crippen molar-refractivity contribution in [2.75, 3.05) is 0 Å². The first-order valence-electron chi connectivity index (χ1n) is 9.74. The summed E-state index contributed by atoms with van der Waals surface area (Å²) in [6, 6.07) is 0. The molecule has 23 heavy (non-hydrogen) atoms. The molecule has 4 rings (SSSR count). The summed E-state index contributed by atoms with van der Waals surface area (Å²) in [7, 11) is 0. The van der Waals surface area contributed by atoms with Gasteiger partial charge in [-0.25, -0.2) is 0 Å². The van der Waals surface area contributed by atoms with Gasteiger partial charge < -0.3 is 5.11 Å². The van der Waals surface area contributed by atoms with Gasteiger partial charge in [0.25, 0.3) is 0 Å². The van der Waals surface area contributed by atoms with E-state index in [4.69, 9.17) is 0 Å². The predicted molar refractivity (Wildman–Crippen MR) is 91.8 cm³/mol. The summed E-state index contributed by atoms with van der Waals surface area (Å²) < 4.78 is 0. The fraction of sp³-hybridized carbons (Fsp3) is 0.857. The Morgan fingerprint density at radius 2 is 1.87 bits per heavy atom. The summed E-state index contributed by atoms with van der Waals surface area (Å²) in [5.41, 5.74) is 0.534. The second-order valence-electron chi connectivity index (χ2n) is 9.46. The van der Waals surface area contributed by atoms with Crippen LogP contribution in [0.5, 0.6) is 0 Å². The van der Waals surface area contributed by atoms with Crippen molar-refractivity contribution in [2.45, 2.75) is 71.8 Å². The third-order valence-electron chi connectivity index (χ3n) is 8.66. The molecule has 0 amide bonds. The minimum atomic E-state index is -0.230. The maximum absolute atomic E-state index is 12.2. The minimum Gasteiger partial charge on any atom is -0.389 e. The SMILES string of the molecule is CC(=O)[C@H]1CC[C@H]2[C@@H]3CC[C@H]4C[C@@H](O)C=C[C@]4(C)[C@H]3CC[C@]12C. The lowest BCUT2D eigenvalue weighted by molar-refractivity contribution is -0.129. The summed E-state index contributed by atoms with van der Waals surface area (Å²) >= 11 is 0. The third kappa shape index (κ3) is 2.13. The molecule has 128 valence electrons. The normalized spacial score (nSPS) is 55.0. The van der Waals surface area contributed by atoms with Gasteiger partial charge in [-0.3, -0.25) is 4.79 Å². The van der Waals surface area contributed by atoms with Crippen molar-refractivity contribution in [3.8, 4) is 0 Å². The van der Waals surface area contributed by atoms with E-state index in [2.05, 4.69) is 26.0 Å². The Morgan fingerprint density at radius 1 is 1.09 bits per heavy atom. The minimum absolute atomic E-state index is 0.230. The molecule has 0 heterocycles. The van der Waals surface area contributed by atoms with Crippen LogP contribution >= 0.6 is 0 Å². The van der Waals surface area contributed by atoms with Crippen molar-refractivity contribution in [3.63, 3.8) is 0 Å². The van der Waals surface area contributed by atoms with Crippen LogP contribution in [-0.4, -0.2) is 17.0 Å². The molecule has 0 aliphatic heterocycles. The van der Waals surface area contributed by atoms with Crippen molar-refractivity contribution in [2.24, 2.45) is 40.4 Å². The monoisotopic (exact) mass is 316 g/mol. The van der Waals surface area contributed by atoms with E-state index in [0.29, 0.717) is 17.6 Å². The van der Waals surface area contributed by atoms with Crippen LogP contribution in [-0.2, 0) is 4.79 Å². The predicted octanol–water partition coefficient (Wildman–Crippen LogP) is 4.37. The van der Waals surface area contributed by atoms with Crippen LogP contribution in [0.4, 0.5) is 0 Å². The molecular weight excluding hydrogens is 284 g/mol. The number of aliphatic hydroxyl groups is 1. The van der Waals surface area contributed by atoms with Crippen LogP contribution in [0.3, 0.4) is 0 Å². The Morgan fingerprint density at radius 3 is 2.61 bits per heavy atom. The number of hydrogen-bond donors (Lipinski definition) is 1. The van der Waals surface area contributed by atoms with Crippen LogP contribution in [0.1, 0.15) is 65.7 Å². The summed E-state index contributed by atoms with van der Waals surface area (Å²) in [6.07, 6.45) is 12.6. The Kier molecular flexibility index (Phi) is 3.58. The molecule has 4 aliphatic carbocycles. The Labute approximate surface area is 140 Å². The first kappa shape index (κ1) is 15.9. The molecule has 4 aliphatic rings. The number of hydrogen-bond acceptors (Lipinski definition) is 2. The van der Waals surface area contributed by atoms with Gasteiger partial charge in [0.15, 0.2) is 0 Å². The summed E-state index contributed by atoms with van der Waals surface area (Å²) in [5, 5.41) is 10.0. The highest BCUT2D eigenvalue weighted by Gasteiger charge is 2.60. The molecule has 0 bridgehead atoms. The van der Waals surface area contributed by atoms with E-state index >= 15 is 0 Å². The molecule has 0 aromatic heterocycles. The molecular formula is C21H32O2. The molecule has 3 saturated carbocycles. The quantitative estimate of drug-likeness (QED) is 0.729. The molecule has 0 aromatic rings. The Hall–Kier alpha value is -0.630. The van der Waals surface area contributed by atoms with Gasteiger partial charge in [-0.1, -0.05) is 26.0 Å². The highest BCUT2D eigenvalue weighted by molar-refractivity contribution is 5.79. The van der Waals surface area contributed by atoms with Crippen LogP contribution in [0, 0.1) is 40.4 Å². The number of allylic oxidation sites excluding steroid dienone is 1. The van der Waals surface area contributed by atoms with Crippen LogP contribution < -0.4 is 0 Å². The maximum Gasteiger partial charge on any atom is 0.133 e. The van der Waals surface area contributed by atoms with E-state index in [1.54, 1.807) is 0 Å². The van der Waals surface area contributed by atoms with Gasteiger partial charge in [0, 0.05) is 5.92 Å². The second-order valence-corrected chi connectivity index (χ2v) is 9.46. The molecule has 0 aromatic carbocycles. The van der Waals surface area contributed by atoms with Crippen molar-refractivity contribution in [3.05, 3.63) is 12.2 Å². The molecule has 0 unspecified atom stereocenters. The van der Waals surface area contributed by atoms with Gasteiger partial charge in [0.1, 0.15) is 5.78 Å². The lowest BCUT2D eigenvalue weighted by Crippen LogP contribution is -2.53. The van der Waals surface area contributed by atoms with Crippen LogP contribution in [0.2, 0.25) is 0 Å². The van der Waals surface area contributed by atoms with Gasteiger partial charge in [0.05, 0.1) is 6.10 Å². The highest BCUT2D eigenvalue weighted by Crippen LogP contribution is 2.66. The topological polar surface area (TPSA) is 37.3 Å². The first-order chi connectivity index (χ1) is 10.9. The zero-order valence-corrected chi connectivity index (χ0v) is 14.9. The lowest BCUT2D eigenvalue weighted by atomic mass is 9.46. The number of rotatable bonds is 1. The molecule has 0 saturated heterocycles. The van der Waals surface area contributed by atoms with Crippen molar-refractivity contribution in [1.82, 2.24) is 0 Å². The largest absolute Gasteiger partial charge is 0.389 e. The van der Waals surface area contributed by atoms with E-state index in [1.165, 1.54) is 32.1 Å². The highest BCUT2D eigenvalue weighted by atomic mass is 16.3. The molecule has 0 radical (unpaired) electrons. The van der Waals surface area contributed by atoms with Crippen molar-refractivity contribution in [1.29, 1.82) is 0 Å².